The Morgan fingerprint density at radius 1 is 0.943 bits per heavy atom. The van der Waals surface area contributed by atoms with Crippen LogP contribution >= 0.6 is 0 Å². The van der Waals surface area contributed by atoms with E-state index in [-0.39, 0.29) is 16.8 Å². The average Bonchev–Trinajstić information content (AvgIpc) is 3.26. The molecule has 1 fully saturated rings. The fraction of sp³-hybridized carbons (Fsp3) is 0.231. The van der Waals surface area contributed by atoms with E-state index in [2.05, 4.69) is 10.6 Å². The van der Waals surface area contributed by atoms with Crippen molar-refractivity contribution in [3.05, 3.63) is 90.3 Å². The highest BCUT2D eigenvalue weighted by Gasteiger charge is 2.27. The Bertz CT molecular complexity index is 1440. The van der Waals surface area contributed by atoms with Gasteiger partial charge in [-0.2, -0.15) is 0 Å². The lowest BCUT2D eigenvalue weighted by Crippen LogP contribution is -2.39. The Labute approximate surface area is 204 Å². The number of imidazole rings is 1. The van der Waals surface area contributed by atoms with Crippen LogP contribution in [0.5, 0.6) is 5.75 Å². The van der Waals surface area contributed by atoms with Crippen molar-refractivity contribution in [1.82, 2.24) is 14.5 Å². The number of hydrogen-bond donors (Lipinski definition) is 1. The number of rotatable bonds is 6. The molecule has 0 atom stereocenters. The molecule has 4 aromatic rings. The number of nitrogens with two attached hydrogens (primary N) is 1. The van der Waals surface area contributed by atoms with E-state index in [1.165, 1.54) is 24.3 Å². The second-order valence-electron chi connectivity index (χ2n) is 8.58. The predicted molar refractivity (Wildman–Crippen MR) is 132 cm³/mol. The average molecular weight is 491 g/mol. The molecule has 8 nitrogen and oxygen atoms in total. The van der Waals surface area contributed by atoms with Crippen LogP contribution in [0.2, 0.25) is 0 Å². The van der Waals surface area contributed by atoms with E-state index in [0.717, 1.165) is 35.4 Å². The number of primary sulfonamides is 1. The SMILES string of the molecule is NS(=O)(=O)c1ccc(C(=O)N2CCC(n3c(COc4ccccc4)nc4ccccc43)CC2)cc1. The van der Waals surface area contributed by atoms with Crippen LogP contribution in [0.1, 0.15) is 35.1 Å². The second-order valence-corrected chi connectivity index (χ2v) is 10.1. The van der Waals surface area contributed by atoms with Gasteiger partial charge in [0.15, 0.2) is 0 Å². The topological polar surface area (TPSA) is 108 Å². The van der Waals surface area contributed by atoms with Crippen molar-refractivity contribution in [2.45, 2.75) is 30.4 Å². The van der Waals surface area contributed by atoms with Crippen molar-refractivity contribution in [3.63, 3.8) is 0 Å². The van der Waals surface area contributed by atoms with Gasteiger partial charge in [0.25, 0.3) is 5.91 Å². The van der Waals surface area contributed by atoms with Crippen LogP contribution in [-0.2, 0) is 16.6 Å². The molecule has 0 bridgehead atoms. The lowest BCUT2D eigenvalue weighted by molar-refractivity contribution is 0.0693. The second kappa shape index (κ2) is 9.52. The van der Waals surface area contributed by atoms with Gasteiger partial charge in [0.05, 0.1) is 15.9 Å². The molecule has 2 N–H and O–H groups in total. The molecule has 1 aliphatic rings. The number of nitrogens with zero attached hydrogens (tertiary/aromatic N) is 3. The first-order valence-electron chi connectivity index (χ1n) is 11.5. The normalized spacial score (nSPS) is 14.8. The Hall–Kier alpha value is -3.69. The summed E-state index contributed by atoms with van der Waals surface area (Å²) in [5, 5.41) is 5.15. The zero-order valence-electron chi connectivity index (χ0n) is 19.1. The van der Waals surface area contributed by atoms with Gasteiger partial charge < -0.3 is 14.2 Å². The number of benzene rings is 3. The maximum Gasteiger partial charge on any atom is 0.253 e. The van der Waals surface area contributed by atoms with Gasteiger partial charge in [0.1, 0.15) is 18.2 Å². The third-order valence-electron chi connectivity index (χ3n) is 6.33. The largest absolute Gasteiger partial charge is 0.486 e. The molecule has 0 radical (unpaired) electrons. The Morgan fingerprint density at radius 3 is 2.29 bits per heavy atom. The Balaban J connectivity index is 1.32. The highest BCUT2D eigenvalue weighted by Crippen LogP contribution is 2.30. The van der Waals surface area contributed by atoms with E-state index in [9.17, 15) is 13.2 Å². The number of likely N-dealkylation sites (tertiary alicyclic amines) is 1. The molecule has 2 heterocycles. The maximum absolute atomic E-state index is 13.0. The van der Waals surface area contributed by atoms with E-state index in [0.29, 0.717) is 25.3 Å². The van der Waals surface area contributed by atoms with Gasteiger partial charge >= 0.3 is 0 Å². The molecule has 180 valence electrons. The molecule has 0 saturated carbocycles. The maximum atomic E-state index is 13.0. The monoisotopic (exact) mass is 490 g/mol. The highest BCUT2D eigenvalue weighted by atomic mass is 32.2. The van der Waals surface area contributed by atoms with Crippen molar-refractivity contribution in [2.24, 2.45) is 5.14 Å². The molecule has 5 rings (SSSR count). The number of carbonyl (C=O) groups is 1. The van der Waals surface area contributed by atoms with Gasteiger partial charge in [-0.25, -0.2) is 18.5 Å². The standard InChI is InChI=1S/C26H26N4O4S/c27-35(32,33)22-12-10-19(11-13-22)26(31)29-16-14-20(15-17-29)30-24-9-5-4-8-23(24)28-25(30)18-34-21-6-2-1-3-7-21/h1-13,20H,14-18H2,(H2,27,32,33). The Morgan fingerprint density at radius 2 is 1.60 bits per heavy atom. The lowest BCUT2D eigenvalue weighted by atomic mass is 10.0. The van der Waals surface area contributed by atoms with E-state index >= 15 is 0 Å². The number of hydrogen-bond acceptors (Lipinski definition) is 5. The van der Waals surface area contributed by atoms with Crippen LogP contribution in [0.15, 0.2) is 83.8 Å². The third kappa shape index (κ3) is 4.91. The first kappa shape index (κ1) is 23.1. The van der Waals surface area contributed by atoms with Crippen molar-refractivity contribution < 1.29 is 17.9 Å². The first-order chi connectivity index (χ1) is 16.9. The number of sulfonamides is 1. The third-order valence-corrected chi connectivity index (χ3v) is 7.26. The quantitative estimate of drug-likeness (QED) is 0.443. The van der Waals surface area contributed by atoms with Crippen LogP contribution in [0, 0.1) is 0 Å². The van der Waals surface area contributed by atoms with Gasteiger partial charge in [0.2, 0.25) is 10.0 Å². The van der Waals surface area contributed by atoms with Crippen molar-refractivity contribution in [3.8, 4) is 5.75 Å². The van der Waals surface area contributed by atoms with Crippen LogP contribution in [-0.4, -0.2) is 41.9 Å². The van der Waals surface area contributed by atoms with Gasteiger partial charge in [-0.15, -0.1) is 0 Å². The number of ether oxygens (including phenoxy) is 1. The number of amides is 1. The van der Waals surface area contributed by atoms with Crippen LogP contribution < -0.4 is 9.88 Å². The molecule has 0 unspecified atom stereocenters. The molecular weight excluding hydrogens is 464 g/mol. The zero-order chi connectivity index (χ0) is 24.4. The molecule has 9 heteroatoms. The number of para-hydroxylation sites is 3. The summed E-state index contributed by atoms with van der Waals surface area (Å²) >= 11 is 0. The van der Waals surface area contributed by atoms with Crippen molar-refractivity contribution in [2.75, 3.05) is 13.1 Å². The molecular formula is C26H26N4O4S. The molecule has 3 aromatic carbocycles. The highest BCUT2D eigenvalue weighted by molar-refractivity contribution is 7.89. The Kier molecular flexibility index (Phi) is 6.27. The summed E-state index contributed by atoms with van der Waals surface area (Å²) in [5.74, 6) is 1.53. The summed E-state index contributed by atoms with van der Waals surface area (Å²) < 4.78 is 31.2. The van der Waals surface area contributed by atoms with Crippen LogP contribution in [0.4, 0.5) is 0 Å². The number of aromatic nitrogens is 2. The van der Waals surface area contributed by atoms with Gasteiger partial charge in [-0.05, 0) is 61.4 Å². The van der Waals surface area contributed by atoms with E-state index < -0.39 is 10.0 Å². The molecule has 35 heavy (non-hydrogen) atoms. The van der Waals surface area contributed by atoms with E-state index in [1.54, 1.807) is 0 Å². The smallest absolute Gasteiger partial charge is 0.253 e. The van der Waals surface area contributed by atoms with Gasteiger partial charge in [-0.1, -0.05) is 30.3 Å². The minimum atomic E-state index is -3.79. The van der Waals surface area contributed by atoms with Crippen LogP contribution in [0.25, 0.3) is 11.0 Å². The van der Waals surface area contributed by atoms with Gasteiger partial charge in [-0.3, -0.25) is 4.79 Å². The summed E-state index contributed by atoms with van der Waals surface area (Å²) in [4.78, 5) is 19.6. The summed E-state index contributed by atoms with van der Waals surface area (Å²) in [5.41, 5.74) is 2.43. The summed E-state index contributed by atoms with van der Waals surface area (Å²) in [6.07, 6.45) is 1.55. The minimum Gasteiger partial charge on any atom is -0.486 e. The van der Waals surface area contributed by atoms with Gasteiger partial charge in [0, 0.05) is 24.7 Å². The van der Waals surface area contributed by atoms with E-state index in [4.69, 9.17) is 14.9 Å². The summed E-state index contributed by atoms with van der Waals surface area (Å²) in [6, 6.07) is 23.7. The van der Waals surface area contributed by atoms with Crippen LogP contribution in [0.3, 0.4) is 0 Å². The molecule has 0 spiro atoms. The molecule has 1 aromatic heterocycles. The van der Waals surface area contributed by atoms with E-state index in [1.807, 2.05) is 53.4 Å². The molecule has 1 saturated heterocycles. The molecule has 0 aliphatic carbocycles. The number of piperidine rings is 1. The number of fused-ring (bicyclic) bond motifs is 1. The first-order valence-corrected chi connectivity index (χ1v) is 13.0. The summed E-state index contributed by atoms with van der Waals surface area (Å²) in [6.45, 7) is 1.53. The molecule has 1 amide bonds. The lowest BCUT2D eigenvalue weighted by Gasteiger charge is -2.33. The number of carbonyl (C=O) groups excluding carboxylic acids is 1. The van der Waals surface area contributed by atoms with Crippen molar-refractivity contribution in [1.29, 1.82) is 0 Å². The zero-order valence-corrected chi connectivity index (χ0v) is 19.9. The fourth-order valence-corrected chi connectivity index (χ4v) is 5.08. The van der Waals surface area contributed by atoms with Crippen molar-refractivity contribution >= 4 is 27.0 Å². The predicted octanol–water partition coefficient (Wildman–Crippen LogP) is 3.74. The minimum absolute atomic E-state index is 0.00926. The fourth-order valence-electron chi connectivity index (χ4n) is 4.57. The molecule has 1 aliphatic heterocycles. The summed E-state index contributed by atoms with van der Waals surface area (Å²) in [7, 11) is -3.79.